The fourth-order valence-electron chi connectivity index (χ4n) is 4.45. The number of aromatic nitrogens is 1. The molecule has 9 nitrogen and oxygen atoms in total. The Morgan fingerprint density at radius 1 is 1.30 bits per heavy atom. The average Bonchev–Trinajstić information content (AvgIpc) is 2.97. The van der Waals surface area contributed by atoms with E-state index in [1.165, 1.54) is 0 Å². The number of anilines is 1. The van der Waals surface area contributed by atoms with Gasteiger partial charge in [0.25, 0.3) is 5.91 Å². The van der Waals surface area contributed by atoms with Gasteiger partial charge >= 0.3 is 6.03 Å². The molecule has 0 bridgehead atoms. The molecule has 1 unspecified atom stereocenters. The minimum absolute atomic E-state index is 0.178. The third-order valence-electron chi connectivity index (χ3n) is 6.12. The monoisotopic (exact) mass is 415 g/mol. The molecule has 1 aromatic heterocycles. The van der Waals surface area contributed by atoms with E-state index in [1.54, 1.807) is 6.20 Å². The van der Waals surface area contributed by atoms with Crippen LogP contribution in [0, 0.1) is 0 Å². The van der Waals surface area contributed by atoms with Gasteiger partial charge in [-0.05, 0) is 31.4 Å². The first-order chi connectivity index (χ1) is 14.5. The number of hydrogen-bond acceptors (Lipinski definition) is 6. The van der Waals surface area contributed by atoms with Crippen LogP contribution in [-0.2, 0) is 20.9 Å². The predicted octanol–water partition coefficient (Wildman–Crippen LogP) is 1.18. The van der Waals surface area contributed by atoms with Gasteiger partial charge in [-0.15, -0.1) is 0 Å². The summed E-state index contributed by atoms with van der Waals surface area (Å²) in [5.41, 5.74) is 0.0566. The topological polar surface area (TPSA) is 104 Å². The van der Waals surface area contributed by atoms with Gasteiger partial charge in [-0.2, -0.15) is 0 Å². The molecule has 1 atom stereocenters. The Bertz CT molecular complexity index is 806. The molecule has 1 aromatic rings. The Morgan fingerprint density at radius 2 is 2.10 bits per heavy atom. The summed E-state index contributed by atoms with van der Waals surface area (Å²) in [5, 5.41) is 5.60. The zero-order valence-electron chi connectivity index (χ0n) is 17.4. The van der Waals surface area contributed by atoms with E-state index >= 15 is 0 Å². The zero-order chi connectivity index (χ0) is 21.1. The lowest BCUT2D eigenvalue weighted by Crippen LogP contribution is -2.49. The average molecular weight is 415 g/mol. The van der Waals surface area contributed by atoms with Gasteiger partial charge in [0.05, 0.1) is 12.7 Å². The van der Waals surface area contributed by atoms with Gasteiger partial charge in [-0.25, -0.2) is 9.78 Å². The van der Waals surface area contributed by atoms with Gasteiger partial charge in [0.1, 0.15) is 17.9 Å². The molecule has 4 amide bonds. The predicted molar refractivity (Wildman–Crippen MR) is 110 cm³/mol. The van der Waals surface area contributed by atoms with Gasteiger partial charge in [-0.3, -0.25) is 14.5 Å². The van der Waals surface area contributed by atoms with Gasteiger partial charge in [0.15, 0.2) is 0 Å². The van der Waals surface area contributed by atoms with Crippen molar-refractivity contribution < 1.29 is 19.1 Å². The van der Waals surface area contributed by atoms with E-state index < -0.39 is 11.6 Å². The molecule has 2 saturated heterocycles. The number of rotatable bonds is 5. The van der Waals surface area contributed by atoms with Gasteiger partial charge < -0.3 is 20.3 Å². The molecule has 0 aromatic carbocycles. The van der Waals surface area contributed by atoms with E-state index in [2.05, 4.69) is 20.5 Å². The summed E-state index contributed by atoms with van der Waals surface area (Å²) in [6, 6.07) is 3.39. The molecule has 1 aliphatic carbocycles. The lowest BCUT2D eigenvalue weighted by molar-refractivity contribution is -0.135. The molecule has 2 aliphatic heterocycles. The maximum atomic E-state index is 12.8. The number of ether oxygens (including phenoxy) is 1. The van der Waals surface area contributed by atoms with Crippen molar-refractivity contribution in [3.8, 4) is 0 Å². The molecule has 9 heteroatoms. The maximum absolute atomic E-state index is 12.8. The third-order valence-corrected chi connectivity index (χ3v) is 6.12. The van der Waals surface area contributed by atoms with Crippen molar-refractivity contribution >= 4 is 23.7 Å². The van der Waals surface area contributed by atoms with Crippen molar-refractivity contribution in [2.24, 2.45) is 0 Å². The summed E-state index contributed by atoms with van der Waals surface area (Å²) < 4.78 is 5.55. The summed E-state index contributed by atoms with van der Waals surface area (Å²) in [6.07, 6.45) is 6.11. The summed E-state index contributed by atoms with van der Waals surface area (Å²) in [4.78, 5) is 45.1. The maximum Gasteiger partial charge on any atom is 0.325 e. The van der Waals surface area contributed by atoms with Crippen molar-refractivity contribution in [2.75, 3.05) is 31.1 Å². The first-order valence-corrected chi connectivity index (χ1v) is 10.7. The Labute approximate surface area is 176 Å². The van der Waals surface area contributed by atoms with Gasteiger partial charge in [-0.1, -0.05) is 25.3 Å². The fourth-order valence-corrected chi connectivity index (χ4v) is 4.45. The standard InChI is InChI=1S/C21H29N5O4/c1-15-13-25(9-10-30-15)17-6-5-16(11-22-17)12-23-18(27)14-26-19(28)21(24-20(26)29)7-3-2-4-8-21/h5-6,11,15H,2-4,7-10,12-14H2,1H3,(H,23,27)(H,24,29). The SMILES string of the molecule is CC1CN(c2ccc(CNC(=O)CN3C(=O)NC4(CCCCC4)C3=O)cn2)CCO1. The number of carbonyl (C=O) groups excluding carboxylic acids is 3. The van der Waals surface area contributed by atoms with Crippen LogP contribution in [0.5, 0.6) is 0 Å². The molecule has 3 aliphatic rings. The molecular weight excluding hydrogens is 386 g/mol. The number of hydrogen-bond donors (Lipinski definition) is 2. The van der Waals surface area contributed by atoms with Crippen LogP contribution in [0.3, 0.4) is 0 Å². The van der Waals surface area contributed by atoms with Crippen LogP contribution in [0.15, 0.2) is 18.3 Å². The van der Waals surface area contributed by atoms with E-state index in [0.717, 1.165) is 48.6 Å². The van der Waals surface area contributed by atoms with Crippen LogP contribution >= 0.6 is 0 Å². The molecule has 1 saturated carbocycles. The molecule has 3 fully saturated rings. The molecule has 30 heavy (non-hydrogen) atoms. The van der Waals surface area contributed by atoms with Crippen molar-refractivity contribution in [1.82, 2.24) is 20.5 Å². The summed E-state index contributed by atoms with van der Waals surface area (Å²) >= 11 is 0. The number of morpholine rings is 1. The van der Waals surface area contributed by atoms with Gasteiger partial charge in [0.2, 0.25) is 5.91 Å². The third kappa shape index (κ3) is 4.26. The van der Waals surface area contributed by atoms with Crippen LogP contribution in [0.1, 0.15) is 44.6 Å². The molecular formula is C21H29N5O4. The molecule has 2 N–H and O–H groups in total. The van der Waals surface area contributed by atoms with Crippen LogP contribution in [0.4, 0.5) is 10.6 Å². The lowest BCUT2D eigenvalue weighted by atomic mass is 9.82. The first-order valence-electron chi connectivity index (χ1n) is 10.7. The van der Waals surface area contributed by atoms with Crippen LogP contribution in [0.25, 0.3) is 0 Å². The summed E-state index contributed by atoms with van der Waals surface area (Å²) in [7, 11) is 0. The Morgan fingerprint density at radius 3 is 2.80 bits per heavy atom. The smallest absolute Gasteiger partial charge is 0.325 e. The van der Waals surface area contributed by atoms with Crippen molar-refractivity contribution in [1.29, 1.82) is 0 Å². The second-order valence-electron chi connectivity index (χ2n) is 8.39. The Hall–Kier alpha value is -2.68. The highest BCUT2D eigenvalue weighted by atomic mass is 16.5. The number of amides is 4. The second kappa shape index (κ2) is 8.59. The molecule has 1 spiro atoms. The van der Waals surface area contributed by atoms with Crippen LogP contribution in [-0.4, -0.2) is 65.6 Å². The van der Waals surface area contributed by atoms with Crippen LogP contribution in [0.2, 0.25) is 0 Å². The zero-order valence-corrected chi connectivity index (χ0v) is 17.4. The Balaban J connectivity index is 1.28. The molecule has 3 heterocycles. The largest absolute Gasteiger partial charge is 0.375 e. The number of imide groups is 1. The number of nitrogens with one attached hydrogen (secondary N) is 2. The second-order valence-corrected chi connectivity index (χ2v) is 8.39. The summed E-state index contributed by atoms with van der Waals surface area (Å²) in [5.74, 6) is 0.253. The number of carbonyl (C=O) groups is 3. The van der Waals surface area contributed by atoms with E-state index in [0.29, 0.717) is 26.0 Å². The highest BCUT2D eigenvalue weighted by molar-refractivity contribution is 6.09. The summed E-state index contributed by atoms with van der Waals surface area (Å²) in [6.45, 7) is 4.36. The molecule has 162 valence electrons. The van der Waals surface area contributed by atoms with Crippen molar-refractivity contribution in [2.45, 2.75) is 57.2 Å². The Kier molecular flexibility index (Phi) is 5.90. The quantitative estimate of drug-likeness (QED) is 0.700. The molecule has 0 radical (unpaired) electrons. The van der Waals surface area contributed by atoms with E-state index in [4.69, 9.17) is 4.74 Å². The first kappa shape index (κ1) is 20.6. The number of nitrogens with zero attached hydrogens (tertiary/aromatic N) is 3. The molecule has 4 rings (SSSR count). The van der Waals surface area contributed by atoms with E-state index in [-0.39, 0.29) is 24.5 Å². The number of urea groups is 1. The highest BCUT2D eigenvalue weighted by Gasteiger charge is 2.51. The lowest BCUT2D eigenvalue weighted by Gasteiger charge is -2.32. The minimum Gasteiger partial charge on any atom is -0.375 e. The van der Waals surface area contributed by atoms with Crippen molar-refractivity contribution in [3.05, 3.63) is 23.9 Å². The van der Waals surface area contributed by atoms with E-state index in [1.807, 2.05) is 19.1 Å². The highest BCUT2D eigenvalue weighted by Crippen LogP contribution is 2.33. The fraction of sp³-hybridized carbons (Fsp3) is 0.619. The van der Waals surface area contributed by atoms with Crippen molar-refractivity contribution in [3.63, 3.8) is 0 Å². The van der Waals surface area contributed by atoms with Crippen LogP contribution < -0.4 is 15.5 Å². The normalized spacial score (nSPS) is 23.6. The van der Waals surface area contributed by atoms with E-state index in [9.17, 15) is 14.4 Å². The van der Waals surface area contributed by atoms with Gasteiger partial charge in [0, 0.05) is 25.8 Å². The number of pyridine rings is 1. The minimum atomic E-state index is -0.799.